The van der Waals surface area contributed by atoms with Crippen molar-refractivity contribution in [3.05, 3.63) is 29.6 Å². The van der Waals surface area contributed by atoms with Crippen molar-refractivity contribution in [2.24, 2.45) is 5.92 Å². The van der Waals surface area contributed by atoms with E-state index in [9.17, 15) is 4.39 Å². The van der Waals surface area contributed by atoms with Gasteiger partial charge in [-0.2, -0.15) is 0 Å². The summed E-state index contributed by atoms with van der Waals surface area (Å²) in [6.45, 7) is 1.30. The maximum atomic E-state index is 13.1. The van der Waals surface area contributed by atoms with Gasteiger partial charge in [-0.25, -0.2) is 4.39 Å². The fourth-order valence-electron chi connectivity index (χ4n) is 1.45. The number of ether oxygens (including phenoxy) is 1. The van der Waals surface area contributed by atoms with Crippen LogP contribution in [0.2, 0.25) is 0 Å². The summed E-state index contributed by atoms with van der Waals surface area (Å²) in [5.74, 6) is 6.92. The second-order valence-corrected chi connectivity index (χ2v) is 4.23. The van der Waals surface area contributed by atoms with E-state index in [1.165, 1.54) is 25.0 Å². The van der Waals surface area contributed by atoms with E-state index in [-0.39, 0.29) is 5.82 Å². The Bertz CT molecular complexity index is 443. The number of nitrogens with one attached hydrogen (secondary N) is 1. The van der Waals surface area contributed by atoms with Gasteiger partial charge in [-0.05, 0) is 44.0 Å². The maximum Gasteiger partial charge on any atom is 0.135 e. The number of hydrogen-bond donors (Lipinski definition) is 1. The van der Waals surface area contributed by atoms with Gasteiger partial charge in [-0.15, -0.1) is 0 Å². The molecular formula is C14H16FNO. The van der Waals surface area contributed by atoms with E-state index in [2.05, 4.69) is 17.2 Å². The summed E-state index contributed by atoms with van der Waals surface area (Å²) >= 11 is 0. The first kappa shape index (κ1) is 11.9. The van der Waals surface area contributed by atoms with Gasteiger partial charge in [0.2, 0.25) is 0 Å². The second kappa shape index (κ2) is 5.70. The predicted molar refractivity (Wildman–Crippen MR) is 65.4 cm³/mol. The Morgan fingerprint density at radius 2 is 2.29 bits per heavy atom. The standard InChI is InChI=1S/C14H16FNO/c1-16-8-2-3-12-9-13(15)6-7-14(12)17-10-11-4-5-11/h6-7,9,11,16H,4-5,8,10H2,1H3. The van der Waals surface area contributed by atoms with E-state index in [1.807, 2.05) is 7.05 Å². The lowest BCUT2D eigenvalue weighted by Gasteiger charge is -2.07. The highest BCUT2D eigenvalue weighted by molar-refractivity contribution is 5.46. The zero-order chi connectivity index (χ0) is 12.1. The minimum Gasteiger partial charge on any atom is -0.492 e. The first-order valence-electron chi connectivity index (χ1n) is 5.85. The summed E-state index contributed by atoms with van der Waals surface area (Å²) in [5, 5.41) is 2.92. The molecule has 0 radical (unpaired) electrons. The van der Waals surface area contributed by atoms with Gasteiger partial charge in [-0.3, -0.25) is 0 Å². The van der Waals surface area contributed by atoms with Gasteiger partial charge >= 0.3 is 0 Å². The fourth-order valence-corrected chi connectivity index (χ4v) is 1.45. The molecule has 17 heavy (non-hydrogen) atoms. The first-order valence-corrected chi connectivity index (χ1v) is 5.85. The average Bonchev–Trinajstić information content (AvgIpc) is 3.12. The van der Waals surface area contributed by atoms with Crippen LogP contribution in [-0.4, -0.2) is 20.2 Å². The van der Waals surface area contributed by atoms with Gasteiger partial charge in [0.1, 0.15) is 11.6 Å². The Balaban J connectivity index is 2.09. The summed E-state index contributed by atoms with van der Waals surface area (Å²) in [4.78, 5) is 0. The monoisotopic (exact) mass is 233 g/mol. The van der Waals surface area contributed by atoms with Crippen LogP contribution in [0.25, 0.3) is 0 Å². The first-order chi connectivity index (χ1) is 8.29. The lowest BCUT2D eigenvalue weighted by molar-refractivity contribution is 0.298. The molecular weight excluding hydrogens is 217 g/mol. The van der Waals surface area contributed by atoms with Crippen molar-refractivity contribution in [3.63, 3.8) is 0 Å². The third-order valence-corrected chi connectivity index (χ3v) is 2.60. The zero-order valence-electron chi connectivity index (χ0n) is 9.92. The largest absolute Gasteiger partial charge is 0.492 e. The molecule has 0 saturated heterocycles. The molecule has 1 aliphatic carbocycles. The highest BCUT2D eigenvalue weighted by Gasteiger charge is 2.22. The number of halogens is 1. The third kappa shape index (κ3) is 3.76. The van der Waals surface area contributed by atoms with Crippen molar-refractivity contribution in [2.45, 2.75) is 12.8 Å². The molecule has 0 amide bonds. The van der Waals surface area contributed by atoms with Crippen molar-refractivity contribution in [1.29, 1.82) is 0 Å². The van der Waals surface area contributed by atoms with Crippen molar-refractivity contribution in [1.82, 2.24) is 5.32 Å². The Morgan fingerprint density at radius 1 is 1.47 bits per heavy atom. The molecule has 1 N–H and O–H groups in total. The molecule has 2 rings (SSSR count). The maximum absolute atomic E-state index is 13.1. The number of rotatable bonds is 4. The molecule has 0 spiro atoms. The van der Waals surface area contributed by atoms with Crippen LogP contribution < -0.4 is 10.1 Å². The van der Waals surface area contributed by atoms with E-state index in [0.717, 1.165) is 0 Å². The van der Waals surface area contributed by atoms with Crippen LogP contribution in [0.1, 0.15) is 18.4 Å². The number of hydrogen-bond acceptors (Lipinski definition) is 2. The van der Waals surface area contributed by atoms with Crippen molar-refractivity contribution >= 4 is 0 Å². The van der Waals surface area contributed by atoms with Crippen LogP contribution >= 0.6 is 0 Å². The lowest BCUT2D eigenvalue weighted by atomic mass is 10.2. The molecule has 1 aromatic carbocycles. The van der Waals surface area contributed by atoms with Gasteiger partial charge in [0.15, 0.2) is 0 Å². The molecule has 0 aromatic heterocycles. The molecule has 1 aromatic rings. The third-order valence-electron chi connectivity index (χ3n) is 2.60. The van der Waals surface area contributed by atoms with Gasteiger partial charge in [-0.1, -0.05) is 11.8 Å². The second-order valence-electron chi connectivity index (χ2n) is 4.23. The van der Waals surface area contributed by atoms with Crippen LogP contribution in [0.5, 0.6) is 5.75 Å². The van der Waals surface area contributed by atoms with Crippen LogP contribution in [0.3, 0.4) is 0 Å². The summed E-state index contributed by atoms with van der Waals surface area (Å²) < 4.78 is 18.8. The SMILES string of the molecule is CNCC#Cc1cc(F)ccc1OCC1CC1. The molecule has 0 bridgehead atoms. The van der Waals surface area contributed by atoms with Gasteiger partial charge < -0.3 is 10.1 Å². The smallest absolute Gasteiger partial charge is 0.135 e. The van der Waals surface area contributed by atoms with Crippen LogP contribution in [0.4, 0.5) is 4.39 Å². The van der Waals surface area contributed by atoms with Gasteiger partial charge in [0, 0.05) is 0 Å². The topological polar surface area (TPSA) is 21.3 Å². The Labute approximate surface area is 101 Å². The van der Waals surface area contributed by atoms with E-state index in [1.54, 1.807) is 6.07 Å². The van der Waals surface area contributed by atoms with E-state index < -0.39 is 0 Å². The minimum absolute atomic E-state index is 0.280. The normalized spacial score (nSPS) is 14.0. The van der Waals surface area contributed by atoms with E-state index in [0.29, 0.717) is 30.4 Å². The Morgan fingerprint density at radius 3 is 3.00 bits per heavy atom. The molecule has 0 atom stereocenters. The molecule has 1 saturated carbocycles. The fraction of sp³-hybridized carbons (Fsp3) is 0.429. The van der Waals surface area contributed by atoms with Crippen LogP contribution in [0, 0.1) is 23.6 Å². The quantitative estimate of drug-likeness (QED) is 0.805. The lowest BCUT2D eigenvalue weighted by Crippen LogP contribution is -2.05. The summed E-state index contributed by atoms with van der Waals surface area (Å²) in [7, 11) is 1.82. The summed E-state index contributed by atoms with van der Waals surface area (Å²) in [6.07, 6.45) is 2.48. The average molecular weight is 233 g/mol. The molecule has 1 aliphatic rings. The molecule has 3 heteroatoms. The molecule has 0 unspecified atom stereocenters. The number of benzene rings is 1. The van der Waals surface area contributed by atoms with E-state index in [4.69, 9.17) is 4.74 Å². The highest BCUT2D eigenvalue weighted by Crippen LogP contribution is 2.30. The molecule has 0 heterocycles. The van der Waals surface area contributed by atoms with Gasteiger partial charge in [0.25, 0.3) is 0 Å². The molecule has 1 fully saturated rings. The molecule has 2 nitrogen and oxygen atoms in total. The van der Waals surface area contributed by atoms with Crippen LogP contribution in [-0.2, 0) is 0 Å². The highest BCUT2D eigenvalue weighted by atomic mass is 19.1. The Hall–Kier alpha value is -1.53. The van der Waals surface area contributed by atoms with Gasteiger partial charge in [0.05, 0.1) is 18.7 Å². The summed E-state index contributed by atoms with van der Waals surface area (Å²) in [6, 6.07) is 4.48. The molecule has 90 valence electrons. The minimum atomic E-state index is -0.280. The zero-order valence-corrected chi connectivity index (χ0v) is 9.92. The van der Waals surface area contributed by atoms with Crippen molar-refractivity contribution < 1.29 is 9.13 Å². The van der Waals surface area contributed by atoms with Crippen LogP contribution in [0.15, 0.2) is 18.2 Å². The molecule has 0 aliphatic heterocycles. The Kier molecular flexibility index (Phi) is 4.00. The van der Waals surface area contributed by atoms with E-state index >= 15 is 0 Å². The van der Waals surface area contributed by atoms with Crippen molar-refractivity contribution in [2.75, 3.05) is 20.2 Å². The summed E-state index contributed by atoms with van der Waals surface area (Å²) in [5.41, 5.74) is 0.626. The van der Waals surface area contributed by atoms with Crippen molar-refractivity contribution in [3.8, 4) is 17.6 Å². The predicted octanol–water partition coefficient (Wildman–Crippen LogP) is 2.19.